The Bertz CT molecular complexity index is 548. The van der Waals surface area contributed by atoms with Crippen LogP contribution in [0, 0.1) is 0 Å². The standard InChI is InChI=1S/C12H12Cl2N4O/c1-2-15-11-16-10(14)17-12(18-11)19-7-8-3-5-9(13)6-4-8/h3-6H,2,7H2,1H3,(H,15,16,17,18). The molecule has 2 rings (SSSR count). The van der Waals surface area contributed by atoms with E-state index in [-0.39, 0.29) is 11.3 Å². The van der Waals surface area contributed by atoms with Gasteiger partial charge >= 0.3 is 6.01 Å². The van der Waals surface area contributed by atoms with E-state index in [2.05, 4.69) is 20.3 Å². The molecular formula is C12H12Cl2N4O. The molecule has 0 saturated heterocycles. The second-order valence-corrected chi connectivity index (χ2v) is 4.43. The molecule has 0 saturated carbocycles. The third kappa shape index (κ3) is 4.22. The quantitative estimate of drug-likeness (QED) is 0.918. The summed E-state index contributed by atoms with van der Waals surface area (Å²) in [6, 6.07) is 7.52. The van der Waals surface area contributed by atoms with E-state index < -0.39 is 0 Å². The van der Waals surface area contributed by atoms with Gasteiger partial charge < -0.3 is 10.1 Å². The molecule has 5 nitrogen and oxygen atoms in total. The zero-order valence-corrected chi connectivity index (χ0v) is 11.7. The Hall–Kier alpha value is -1.59. The average Bonchev–Trinajstić information content (AvgIpc) is 2.38. The highest BCUT2D eigenvalue weighted by molar-refractivity contribution is 6.30. The molecule has 19 heavy (non-hydrogen) atoms. The van der Waals surface area contributed by atoms with Crippen LogP contribution in [0.4, 0.5) is 5.95 Å². The molecule has 0 aliphatic heterocycles. The van der Waals surface area contributed by atoms with Gasteiger partial charge in [-0.3, -0.25) is 0 Å². The van der Waals surface area contributed by atoms with Gasteiger partial charge in [0.25, 0.3) is 0 Å². The summed E-state index contributed by atoms with van der Waals surface area (Å²) in [6.07, 6.45) is 0. The fourth-order valence-corrected chi connectivity index (χ4v) is 1.64. The highest BCUT2D eigenvalue weighted by atomic mass is 35.5. The Morgan fingerprint density at radius 3 is 2.53 bits per heavy atom. The molecule has 1 N–H and O–H groups in total. The van der Waals surface area contributed by atoms with E-state index in [0.29, 0.717) is 24.1 Å². The summed E-state index contributed by atoms with van der Waals surface area (Å²) in [5.74, 6) is 0.397. The van der Waals surface area contributed by atoms with Crippen LogP contribution in [0.15, 0.2) is 24.3 Å². The van der Waals surface area contributed by atoms with Gasteiger partial charge in [0.15, 0.2) is 0 Å². The molecule has 0 fully saturated rings. The van der Waals surface area contributed by atoms with Crippen molar-refractivity contribution in [2.45, 2.75) is 13.5 Å². The average molecular weight is 299 g/mol. The van der Waals surface area contributed by atoms with Crippen LogP contribution in [0.2, 0.25) is 10.3 Å². The third-order valence-corrected chi connectivity index (χ3v) is 2.62. The van der Waals surface area contributed by atoms with E-state index in [1.54, 1.807) is 12.1 Å². The number of benzene rings is 1. The number of halogens is 2. The van der Waals surface area contributed by atoms with Crippen molar-refractivity contribution in [2.24, 2.45) is 0 Å². The fourth-order valence-electron chi connectivity index (χ4n) is 1.36. The monoisotopic (exact) mass is 298 g/mol. The highest BCUT2D eigenvalue weighted by Gasteiger charge is 2.05. The van der Waals surface area contributed by atoms with Gasteiger partial charge in [0.05, 0.1) is 0 Å². The summed E-state index contributed by atoms with van der Waals surface area (Å²) in [6.45, 7) is 2.96. The number of hydrogen-bond donors (Lipinski definition) is 1. The van der Waals surface area contributed by atoms with E-state index in [1.165, 1.54) is 0 Å². The molecule has 0 unspecified atom stereocenters. The maximum absolute atomic E-state index is 5.81. The van der Waals surface area contributed by atoms with Crippen molar-refractivity contribution in [3.05, 3.63) is 40.1 Å². The number of rotatable bonds is 5. The van der Waals surface area contributed by atoms with Crippen LogP contribution in [0.1, 0.15) is 12.5 Å². The molecular weight excluding hydrogens is 287 g/mol. The van der Waals surface area contributed by atoms with Gasteiger partial charge in [0.1, 0.15) is 6.61 Å². The number of anilines is 1. The zero-order valence-electron chi connectivity index (χ0n) is 10.2. The number of nitrogens with one attached hydrogen (secondary N) is 1. The summed E-state index contributed by atoms with van der Waals surface area (Å²) >= 11 is 11.6. The van der Waals surface area contributed by atoms with Gasteiger partial charge in [0, 0.05) is 11.6 Å². The molecule has 0 atom stereocenters. The first kappa shape index (κ1) is 13.8. The highest BCUT2D eigenvalue weighted by Crippen LogP contribution is 2.14. The Kier molecular flexibility index (Phi) is 4.76. The summed E-state index contributed by atoms with van der Waals surface area (Å²) in [4.78, 5) is 11.9. The molecule has 1 aromatic heterocycles. The van der Waals surface area contributed by atoms with Crippen molar-refractivity contribution >= 4 is 29.2 Å². The number of hydrogen-bond acceptors (Lipinski definition) is 5. The van der Waals surface area contributed by atoms with Crippen LogP contribution in [-0.2, 0) is 6.61 Å². The predicted octanol–water partition coefficient (Wildman–Crippen LogP) is 3.19. The maximum atomic E-state index is 5.81. The smallest absolute Gasteiger partial charge is 0.322 e. The van der Waals surface area contributed by atoms with Crippen molar-refractivity contribution in [3.63, 3.8) is 0 Å². The van der Waals surface area contributed by atoms with E-state index in [9.17, 15) is 0 Å². The van der Waals surface area contributed by atoms with Gasteiger partial charge in [-0.15, -0.1) is 0 Å². The summed E-state index contributed by atoms with van der Waals surface area (Å²) < 4.78 is 5.47. The van der Waals surface area contributed by atoms with Crippen molar-refractivity contribution in [3.8, 4) is 6.01 Å². The third-order valence-electron chi connectivity index (χ3n) is 2.20. The molecule has 0 radical (unpaired) electrons. The SMILES string of the molecule is CCNc1nc(Cl)nc(OCc2ccc(Cl)cc2)n1. The molecule has 0 amide bonds. The first-order chi connectivity index (χ1) is 9.17. The molecule has 0 spiro atoms. The summed E-state index contributed by atoms with van der Waals surface area (Å²) in [5.41, 5.74) is 0.964. The van der Waals surface area contributed by atoms with Crippen molar-refractivity contribution in [1.82, 2.24) is 15.0 Å². The second-order valence-electron chi connectivity index (χ2n) is 3.66. The van der Waals surface area contributed by atoms with Gasteiger partial charge in [0.2, 0.25) is 11.2 Å². The number of aromatic nitrogens is 3. The maximum Gasteiger partial charge on any atom is 0.322 e. The first-order valence-electron chi connectivity index (χ1n) is 5.70. The van der Waals surface area contributed by atoms with Gasteiger partial charge in [-0.1, -0.05) is 23.7 Å². The molecule has 0 aliphatic rings. The van der Waals surface area contributed by atoms with Crippen LogP contribution in [-0.4, -0.2) is 21.5 Å². The second kappa shape index (κ2) is 6.54. The molecule has 1 aromatic carbocycles. The zero-order chi connectivity index (χ0) is 13.7. The van der Waals surface area contributed by atoms with Crippen LogP contribution in [0.3, 0.4) is 0 Å². The molecule has 100 valence electrons. The van der Waals surface area contributed by atoms with Crippen LogP contribution in [0.25, 0.3) is 0 Å². The van der Waals surface area contributed by atoms with Gasteiger partial charge in [-0.05, 0) is 36.2 Å². The Labute approximate surface area is 121 Å². The Morgan fingerprint density at radius 1 is 1.11 bits per heavy atom. The van der Waals surface area contributed by atoms with E-state index >= 15 is 0 Å². The lowest BCUT2D eigenvalue weighted by Crippen LogP contribution is -2.06. The molecule has 7 heteroatoms. The van der Waals surface area contributed by atoms with E-state index in [0.717, 1.165) is 5.56 Å². The molecule has 0 aliphatic carbocycles. The molecule has 2 aromatic rings. The van der Waals surface area contributed by atoms with Crippen LogP contribution >= 0.6 is 23.2 Å². The van der Waals surface area contributed by atoms with E-state index in [4.69, 9.17) is 27.9 Å². The Balaban J connectivity index is 2.04. The van der Waals surface area contributed by atoms with Crippen LogP contribution < -0.4 is 10.1 Å². The predicted molar refractivity (Wildman–Crippen MR) is 74.8 cm³/mol. The van der Waals surface area contributed by atoms with Crippen LogP contribution in [0.5, 0.6) is 6.01 Å². The fraction of sp³-hybridized carbons (Fsp3) is 0.250. The molecule has 0 bridgehead atoms. The minimum absolute atomic E-state index is 0.0945. The minimum atomic E-state index is 0.0945. The normalized spacial score (nSPS) is 10.3. The number of nitrogens with zero attached hydrogens (tertiary/aromatic N) is 3. The van der Waals surface area contributed by atoms with Gasteiger partial charge in [-0.25, -0.2) is 0 Å². The molecule has 1 heterocycles. The van der Waals surface area contributed by atoms with Crippen molar-refractivity contribution in [2.75, 3.05) is 11.9 Å². The first-order valence-corrected chi connectivity index (χ1v) is 6.45. The number of ether oxygens (including phenoxy) is 1. The topological polar surface area (TPSA) is 59.9 Å². The Morgan fingerprint density at radius 2 is 1.84 bits per heavy atom. The summed E-state index contributed by atoms with van der Waals surface area (Å²) in [7, 11) is 0. The summed E-state index contributed by atoms with van der Waals surface area (Å²) in [5, 5.41) is 3.73. The minimum Gasteiger partial charge on any atom is -0.458 e. The van der Waals surface area contributed by atoms with E-state index in [1.807, 2.05) is 19.1 Å². The lowest BCUT2D eigenvalue weighted by Gasteiger charge is -2.06. The van der Waals surface area contributed by atoms with Crippen molar-refractivity contribution < 1.29 is 4.74 Å². The van der Waals surface area contributed by atoms with Gasteiger partial charge in [-0.2, -0.15) is 15.0 Å². The largest absolute Gasteiger partial charge is 0.458 e. The lowest BCUT2D eigenvalue weighted by molar-refractivity contribution is 0.280. The van der Waals surface area contributed by atoms with Crippen molar-refractivity contribution in [1.29, 1.82) is 0 Å². The lowest BCUT2D eigenvalue weighted by atomic mass is 10.2.